The first-order chi connectivity index (χ1) is 25.0. The van der Waals surface area contributed by atoms with E-state index < -0.39 is 0 Å². The van der Waals surface area contributed by atoms with E-state index in [-0.39, 0.29) is 5.41 Å². The van der Waals surface area contributed by atoms with Crippen molar-refractivity contribution in [1.29, 1.82) is 0 Å². The highest BCUT2D eigenvalue weighted by molar-refractivity contribution is 7.26. The van der Waals surface area contributed by atoms with Crippen LogP contribution in [0.5, 0.6) is 0 Å². The Bertz CT molecular complexity index is 2770. The van der Waals surface area contributed by atoms with Gasteiger partial charge in [0.15, 0.2) is 0 Å². The van der Waals surface area contributed by atoms with Gasteiger partial charge in [-0.15, -0.1) is 11.3 Å². The van der Waals surface area contributed by atoms with Crippen molar-refractivity contribution >= 4 is 53.7 Å². The molecule has 1 heterocycles. The third-order valence-electron chi connectivity index (χ3n) is 10.9. The van der Waals surface area contributed by atoms with Gasteiger partial charge in [0.1, 0.15) is 0 Å². The lowest BCUT2D eigenvalue weighted by molar-refractivity contribution is 0.660. The van der Waals surface area contributed by atoms with Crippen LogP contribution in [-0.2, 0) is 5.41 Å². The number of fused-ring (bicyclic) bond motifs is 8. The molecule has 0 atom stereocenters. The van der Waals surface area contributed by atoms with Crippen LogP contribution < -0.4 is 5.32 Å². The van der Waals surface area contributed by atoms with E-state index in [1.165, 1.54) is 86.6 Å². The number of thiophene rings is 1. The summed E-state index contributed by atoms with van der Waals surface area (Å²) in [5.74, 6) is 0. The van der Waals surface area contributed by atoms with Crippen molar-refractivity contribution in [3.05, 3.63) is 181 Å². The molecule has 8 aromatic carbocycles. The molecule has 0 amide bonds. The highest BCUT2D eigenvalue weighted by atomic mass is 32.1. The number of nitrogens with one attached hydrogen (secondary N) is 1. The van der Waals surface area contributed by atoms with Crippen LogP contribution in [0.2, 0.25) is 0 Å². The van der Waals surface area contributed by atoms with Crippen LogP contribution in [0.3, 0.4) is 0 Å². The summed E-state index contributed by atoms with van der Waals surface area (Å²) in [6.45, 7) is 4.66. The van der Waals surface area contributed by atoms with Crippen LogP contribution in [0.15, 0.2) is 170 Å². The van der Waals surface area contributed by atoms with E-state index in [1.54, 1.807) is 0 Å². The van der Waals surface area contributed by atoms with E-state index in [0.717, 1.165) is 11.4 Å². The number of benzene rings is 8. The van der Waals surface area contributed by atoms with E-state index >= 15 is 0 Å². The lowest BCUT2D eigenvalue weighted by Crippen LogP contribution is -2.15. The van der Waals surface area contributed by atoms with Crippen molar-refractivity contribution in [2.45, 2.75) is 19.3 Å². The fraction of sp³-hybridized carbons (Fsp3) is 0.0612. The van der Waals surface area contributed by atoms with Gasteiger partial charge in [0.05, 0.1) is 0 Å². The molecule has 0 spiro atoms. The van der Waals surface area contributed by atoms with Gasteiger partial charge >= 0.3 is 0 Å². The van der Waals surface area contributed by atoms with E-state index in [0.29, 0.717) is 0 Å². The molecule has 0 unspecified atom stereocenters. The third-order valence-corrected chi connectivity index (χ3v) is 12.1. The predicted molar refractivity (Wildman–Crippen MR) is 220 cm³/mol. The molecule has 1 aliphatic carbocycles. The Balaban J connectivity index is 1.02. The second-order valence-corrected chi connectivity index (χ2v) is 15.2. The zero-order valence-electron chi connectivity index (χ0n) is 28.6. The molecule has 1 N–H and O–H groups in total. The summed E-state index contributed by atoms with van der Waals surface area (Å²) < 4.78 is 2.67. The quantitative estimate of drug-likeness (QED) is 0.192. The number of hydrogen-bond donors (Lipinski definition) is 1. The normalized spacial score (nSPS) is 13.1. The SMILES string of the molecule is CC1(C)c2ccccc2-c2ccc(Nc3ccc(-c4ccc(-c5c(-c6ccccc6)c6ccccc6c6sc7ccccc7c56)cc4)cc3)cc21. The van der Waals surface area contributed by atoms with Crippen molar-refractivity contribution in [2.24, 2.45) is 0 Å². The van der Waals surface area contributed by atoms with Crippen molar-refractivity contribution in [3.8, 4) is 44.5 Å². The minimum Gasteiger partial charge on any atom is -0.356 e. The topological polar surface area (TPSA) is 12.0 Å². The molecule has 1 aliphatic rings. The average Bonchev–Trinajstić information content (AvgIpc) is 3.68. The van der Waals surface area contributed by atoms with Crippen LogP contribution in [0.25, 0.3) is 75.5 Å². The number of rotatable bonds is 5. The van der Waals surface area contributed by atoms with E-state index in [1.807, 2.05) is 11.3 Å². The zero-order chi connectivity index (χ0) is 34.1. The fourth-order valence-electron chi connectivity index (χ4n) is 8.36. The Morgan fingerprint density at radius 2 is 1.00 bits per heavy atom. The van der Waals surface area contributed by atoms with Crippen molar-refractivity contribution in [2.75, 3.05) is 5.32 Å². The van der Waals surface area contributed by atoms with Gasteiger partial charge in [0.2, 0.25) is 0 Å². The molecule has 0 radical (unpaired) electrons. The minimum atomic E-state index is -0.0172. The van der Waals surface area contributed by atoms with Crippen LogP contribution in [0.4, 0.5) is 11.4 Å². The molecule has 0 fully saturated rings. The number of anilines is 2. The lowest BCUT2D eigenvalue weighted by atomic mass is 9.82. The van der Waals surface area contributed by atoms with E-state index in [4.69, 9.17) is 0 Å². The maximum Gasteiger partial charge on any atom is 0.0440 e. The smallest absolute Gasteiger partial charge is 0.0440 e. The van der Waals surface area contributed by atoms with Crippen LogP contribution in [-0.4, -0.2) is 0 Å². The second kappa shape index (κ2) is 11.6. The predicted octanol–water partition coefficient (Wildman–Crippen LogP) is 14.3. The summed E-state index contributed by atoms with van der Waals surface area (Å²) >= 11 is 1.90. The molecule has 1 aromatic heterocycles. The van der Waals surface area contributed by atoms with Gasteiger partial charge < -0.3 is 5.32 Å². The molecule has 9 aromatic rings. The third kappa shape index (κ3) is 4.75. The molecular formula is C49H35NS. The monoisotopic (exact) mass is 669 g/mol. The summed E-state index contributed by atoms with van der Waals surface area (Å²) in [6, 6.07) is 62.3. The molecule has 242 valence electrons. The summed E-state index contributed by atoms with van der Waals surface area (Å²) in [6.07, 6.45) is 0. The Morgan fingerprint density at radius 1 is 0.431 bits per heavy atom. The minimum absolute atomic E-state index is 0.0172. The van der Waals surface area contributed by atoms with Crippen molar-refractivity contribution < 1.29 is 0 Å². The largest absolute Gasteiger partial charge is 0.356 e. The summed E-state index contributed by atoms with van der Waals surface area (Å²) in [4.78, 5) is 0. The maximum absolute atomic E-state index is 3.67. The molecule has 0 saturated carbocycles. The van der Waals surface area contributed by atoms with Gasteiger partial charge in [-0.2, -0.15) is 0 Å². The highest BCUT2D eigenvalue weighted by Crippen LogP contribution is 2.51. The molecule has 2 heteroatoms. The van der Waals surface area contributed by atoms with E-state index in [9.17, 15) is 0 Å². The summed E-state index contributed by atoms with van der Waals surface area (Å²) in [5, 5.41) is 8.94. The van der Waals surface area contributed by atoms with Gasteiger partial charge in [-0.05, 0) is 91.4 Å². The van der Waals surface area contributed by atoms with Crippen LogP contribution in [0, 0.1) is 0 Å². The molecule has 10 rings (SSSR count). The summed E-state index contributed by atoms with van der Waals surface area (Å²) in [5.41, 5.74) is 15.1. The molecule has 0 saturated heterocycles. The Hall–Kier alpha value is -5.96. The first-order valence-electron chi connectivity index (χ1n) is 17.7. The molecular weight excluding hydrogens is 635 g/mol. The first-order valence-corrected chi connectivity index (χ1v) is 18.5. The molecule has 0 bridgehead atoms. The maximum atomic E-state index is 3.67. The highest BCUT2D eigenvalue weighted by Gasteiger charge is 2.35. The zero-order valence-corrected chi connectivity index (χ0v) is 29.4. The average molecular weight is 670 g/mol. The van der Waals surface area contributed by atoms with Gasteiger partial charge in [-0.25, -0.2) is 0 Å². The van der Waals surface area contributed by atoms with Gasteiger partial charge in [-0.3, -0.25) is 0 Å². The fourth-order valence-corrected chi connectivity index (χ4v) is 9.61. The van der Waals surface area contributed by atoms with E-state index in [2.05, 4.69) is 189 Å². The Kier molecular flexibility index (Phi) is 6.78. The second-order valence-electron chi connectivity index (χ2n) is 14.2. The van der Waals surface area contributed by atoms with Crippen LogP contribution in [0.1, 0.15) is 25.0 Å². The molecule has 1 nitrogen and oxygen atoms in total. The van der Waals surface area contributed by atoms with Crippen molar-refractivity contribution in [1.82, 2.24) is 0 Å². The van der Waals surface area contributed by atoms with Gasteiger partial charge in [0, 0.05) is 42.3 Å². The molecule has 0 aliphatic heterocycles. The lowest BCUT2D eigenvalue weighted by Gasteiger charge is -2.22. The Morgan fingerprint density at radius 3 is 1.78 bits per heavy atom. The summed E-state index contributed by atoms with van der Waals surface area (Å²) in [7, 11) is 0. The van der Waals surface area contributed by atoms with Crippen molar-refractivity contribution in [3.63, 3.8) is 0 Å². The first kappa shape index (κ1) is 29.9. The number of hydrogen-bond acceptors (Lipinski definition) is 2. The van der Waals surface area contributed by atoms with Gasteiger partial charge in [0.25, 0.3) is 0 Å². The standard InChI is InChI=1S/C49H35NS/c1-49(2)42-18-10-8-14-37(42)38-29-28-36(30-43(38)49)50-35-26-24-32(25-27-35)31-20-22-34(23-21-31)46-45(33-12-4-3-5-13-33)39-15-6-7-16-40(39)48-47(46)41-17-9-11-19-44(41)51-48/h3-30,50H,1-2H3. The Labute approximate surface area is 302 Å². The van der Waals surface area contributed by atoms with Crippen LogP contribution >= 0.6 is 11.3 Å². The van der Waals surface area contributed by atoms with Gasteiger partial charge in [-0.1, -0.05) is 153 Å². The molecule has 51 heavy (non-hydrogen) atoms.